The number of nitrogens with one attached hydrogen (secondary N) is 1. The molecule has 0 radical (unpaired) electrons. The van der Waals surface area contributed by atoms with Crippen LogP contribution in [0, 0.1) is 6.92 Å². The summed E-state index contributed by atoms with van der Waals surface area (Å²) in [5.41, 5.74) is 2.15. The molecule has 1 aliphatic rings. The normalized spacial score (nSPS) is 16.9. The Morgan fingerprint density at radius 1 is 1.09 bits per heavy atom. The summed E-state index contributed by atoms with van der Waals surface area (Å²) >= 11 is 0. The molecular weight excluding hydrogens is 429 g/mol. The smallest absolute Gasteiger partial charge is 0.364 e. The second-order valence-corrected chi connectivity index (χ2v) is 9.64. The van der Waals surface area contributed by atoms with Gasteiger partial charge in [0.25, 0.3) is 5.91 Å². The van der Waals surface area contributed by atoms with Crippen molar-refractivity contribution in [2.75, 3.05) is 18.4 Å². The fourth-order valence-corrected chi connectivity index (χ4v) is 4.07. The summed E-state index contributed by atoms with van der Waals surface area (Å²) < 4.78 is 40.2. The van der Waals surface area contributed by atoms with Crippen molar-refractivity contribution in [1.82, 2.24) is 14.9 Å². The van der Waals surface area contributed by atoms with Gasteiger partial charge in [-0.3, -0.25) is 9.78 Å². The molecule has 8 heteroatoms. The van der Waals surface area contributed by atoms with E-state index in [0.717, 1.165) is 17.1 Å². The first-order chi connectivity index (χ1) is 15.4. The van der Waals surface area contributed by atoms with Crippen LogP contribution in [0.5, 0.6) is 0 Å². The molecule has 4 rings (SSSR count). The molecular formula is C25H27F3N4O. The Bertz CT molecular complexity index is 1200. The third-order valence-electron chi connectivity index (χ3n) is 5.95. The Labute approximate surface area is 191 Å². The number of aryl methyl sites for hydroxylation is 1. The molecule has 2 heterocycles. The molecule has 1 amide bonds. The molecule has 1 fully saturated rings. The van der Waals surface area contributed by atoms with Crippen molar-refractivity contribution in [3.63, 3.8) is 0 Å². The summed E-state index contributed by atoms with van der Waals surface area (Å²) in [6.45, 7) is 8.76. The van der Waals surface area contributed by atoms with E-state index in [-0.39, 0.29) is 17.0 Å². The Hall–Kier alpha value is -3.16. The van der Waals surface area contributed by atoms with Gasteiger partial charge in [-0.2, -0.15) is 13.2 Å². The van der Waals surface area contributed by atoms with E-state index in [1.807, 2.05) is 18.2 Å². The largest absolute Gasteiger partial charge is 0.417 e. The van der Waals surface area contributed by atoms with E-state index in [1.54, 1.807) is 13.1 Å². The average molecular weight is 457 g/mol. The number of carbonyl (C=O) groups is 1. The van der Waals surface area contributed by atoms with Crippen molar-refractivity contribution < 1.29 is 18.0 Å². The molecule has 1 saturated heterocycles. The molecule has 1 atom stereocenters. The van der Waals surface area contributed by atoms with Gasteiger partial charge in [-0.1, -0.05) is 38.5 Å². The lowest BCUT2D eigenvalue weighted by Crippen LogP contribution is -2.33. The van der Waals surface area contributed by atoms with Gasteiger partial charge in [0.2, 0.25) is 0 Å². The van der Waals surface area contributed by atoms with Crippen LogP contribution in [0.2, 0.25) is 0 Å². The van der Waals surface area contributed by atoms with Gasteiger partial charge in [0.05, 0.1) is 28.4 Å². The number of amides is 1. The number of benzene rings is 2. The molecule has 0 saturated carbocycles. The zero-order chi connectivity index (χ0) is 24.0. The highest BCUT2D eigenvalue weighted by Crippen LogP contribution is 2.33. The zero-order valence-corrected chi connectivity index (χ0v) is 19.1. The number of alkyl halides is 3. The van der Waals surface area contributed by atoms with Crippen molar-refractivity contribution >= 4 is 22.8 Å². The van der Waals surface area contributed by atoms with Crippen LogP contribution < -0.4 is 5.32 Å². The zero-order valence-electron chi connectivity index (χ0n) is 19.1. The van der Waals surface area contributed by atoms with E-state index in [1.165, 1.54) is 22.6 Å². The molecule has 1 N–H and O–H groups in total. The highest BCUT2D eigenvalue weighted by molar-refractivity contribution is 5.96. The maximum Gasteiger partial charge on any atom is 0.417 e. The minimum absolute atomic E-state index is 0.00983. The molecule has 0 spiro atoms. The van der Waals surface area contributed by atoms with Crippen LogP contribution in [0.1, 0.15) is 54.2 Å². The van der Waals surface area contributed by atoms with Gasteiger partial charge >= 0.3 is 6.18 Å². The van der Waals surface area contributed by atoms with Crippen LogP contribution in [0.4, 0.5) is 19.0 Å². The molecule has 0 bridgehead atoms. The van der Waals surface area contributed by atoms with E-state index in [9.17, 15) is 18.0 Å². The number of aromatic nitrogens is 2. The van der Waals surface area contributed by atoms with Gasteiger partial charge < -0.3 is 10.2 Å². The van der Waals surface area contributed by atoms with Crippen molar-refractivity contribution in [3.05, 3.63) is 64.8 Å². The lowest BCUT2D eigenvalue weighted by atomic mass is 9.87. The van der Waals surface area contributed by atoms with Gasteiger partial charge in [-0.15, -0.1) is 0 Å². The third-order valence-corrected chi connectivity index (χ3v) is 5.95. The van der Waals surface area contributed by atoms with E-state index in [2.05, 4.69) is 36.1 Å². The lowest BCUT2D eigenvalue weighted by Gasteiger charge is -2.20. The number of hydrogen-bond donors (Lipinski definition) is 1. The van der Waals surface area contributed by atoms with E-state index in [0.29, 0.717) is 30.9 Å². The number of hydrogen-bond acceptors (Lipinski definition) is 4. The quantitative estimate of drug-likeness (QED) is 0.559. The summed E-state index contributed by atoms with van der Waals surface area (Å²) in [4.78, 5) is 23.5. The number of carbonyl (C=O) groups excluding carboxylic acids is 1. The van der Waals surface area contributed by atoms with Gasteiger partial charge in [-0.05, 0) is 48.6 Å². The Morgan fingerprint density at radius 3 is 2.55 bits per heavy atom. The first kappa shape index (κ1) is 23.0. The fraction of sp³-hybridized carbons (Fsp3) is 0.400. The second kappa shape index (κ2) is 8.32. The van der Waals surface area contributed by atoms with Crippen molar-refractivity contribution in [2.45, 2.75) is 51.7 Å². The molecule has 0 aliphatic carbocycles. The van der Waals surface area contributed by atoms with E-state index in [4.69, 9.17) is 0 Å². The first-order valence-corrected chi connectivity index (χ1v) is 10.9. The predicted molar refractivity (Wildman–Crippen MR) is 122 cm³/mol. The van der Waals surface area contributed by atoms with Crippen LogP contribution in [0.15, 0.2) is 42.6 Å². The molecule has 0 unspecified atom stereocenters. The number of anilines is 1. The summed E-state index contributed by atoms with van der Waals surface area (Å²) in [5.74, 6) is -0.0218. The van der Waals surface area contributed by atoms with E-state index < -0.39 is 17.6 Å². The van der Waals surface area contributed by atoms with Gasteiger partial charge in [-0.25, -0.2) is 4.98 Å². The number of halogens is 3. The maximum absolute atomic E-state index is 13.4. The highest BCUT2D eigenvalue weighted by atomic mass is 19.4. The fourth-order valence-electron chi connectivity index (χ4n) is 4.07. The van der Waals surface area contributed by atoms with Crippen molar-refractivity contribution in [3.8, 4) is 0 Å². The molecule has 3 aromatic rings. The monoisotopic (exact) mass is 456 g/mol. The summed E-state index contributed by atoms with van der Waals surface area (Å²) in [5, 5.41) is 3.28. The van der Waals surface area contributed by atoms with E-state index >= 15 is 0 Å². The number of rotatable bonds is 3. The topological polar surface area (TPSA) is 58.1 Å². The van der Waals surface area contributed by atoms with Crippen LogP contribution in [-0.2, 0) is 11.6 Å². The average Bonchev–Trinajstić information content (AvgIpc) is 3.19. The van der Waals surface area contributed by atoms with Crippen molar-refractivity contribution in [2.24, 2.45) is 0 Å². The SMILES string of the molecule is Cc1ccc(C(F)(F)F)c(C(=O)N2CC[C@@H](Nc3cnc4cc(C(C)(C)C)ccc4n3)C2)c1. The molecule has 33 heavy (non-hydrogen) atoms. The predicted octanol–water partition coefficient (Wildman–Crippen LogP) is 5.58. The minimum Gasteiger partial charge on any atom is -0.364 e. The molecule has 174 valence electrons. The van der Waals surface area contributed by atoms with Crippen LogP contribution in [0.3, 0.4) is 0 Å². The van der Waals surface area contributed by atoms with Crippen LogP contribution >= 0.6 is 0 Å². The molecule has 2 aromatic carbocycles. The summed E-state index contributed by atoms with van der Waals surface area (Å²) in [6.07, 6.45) is -2.31. The number of nitrogens with zero attached hydrogens (tertiary/aromatic N) is 3. The highest BCUT2D eigenvalue weighted by Gasteiger charge is 2.37. The van der Waals surface area contributed by atoms with Gasteiger partial charge in [0, 0.05) is 19.1 Å². The third kappa shape index (κ3) is 4.94. The van der Waals surface area contributed by atoms with Gasteiger partial charge in [0.15, 0.2) is 0 Å². The summed E-state index contributed by atoms with van der Waals surface area (Å²) in [6, 6.07) is 9.55. The Morgan fingerprint density at radius 2 is 1.85 bits per heavy atom. The molecule has 5 nitrogen and oxygen atoms in total. The maximum atomic E-state index is 13.4. The number of likely N-dealkylation sites (tertiary alicyclic amines) is 1. The Kier molecular flexibility index (Phi) is 5.80. The van der Waals surface area contributed by atoms with Gasteiger partial charge in [0.1, 0.15) is 5.82 Å². The lowest BCUT2D eigenvalue weighted by molar-refractivity contribution is -0.138. The van der Waals surface area contributed by atoms with Crippen molar-refractivity contribution in [1.29, 1.82) is 0 Å². The van der Waals surface area contributed by atoms with Crippen LogP contribution in [-0.4, -0.2) is 39.9 Å². The molecule has 1 aliphatic heterocycles. The summed E-state index contributed by atoms with van der Waals surface area (Å²) in [7, 11) is 0. The second-order valence-electron chi connectivity index (χ2n) is 9.64. The first-order valence-electron chi connectivity index (χ1n) is 10.9. The minimum atomic E-state index is -4.58. The standard InChI is InChI=1S/C25H27F3N4O/c1-15-5-7-19(25(26,27)28)18(11-15)23(33)32-10-9-17(14-32)30-22-13-29-21-12-16(24(2,3)4)6-8-20(21)31-22/h5-8,11-13,17H,9-10,14H2,1-4H3,(H,30,31)/t17-/m1/s1. The molecule has 1 aromatic heterocycles. The number of fused-ring (bicyclic) bond motifs is 1. The van der Waals surface area contributed by atoms with Crippen LogP contribution in [0.25, 0.3) is 11.0 Å². The Balaban J connectivity index is 1.48.